The van der Waals surface area contributed by atoms with Crippen molar-refractivity contribution in [3.05, 3.63) is 36.2 Å². The minimum absolute atomic E-state index is 0.0371. The summed E-state index contributed by atoms with van der Waals surface area (Å²) in [5.74, 6) is -0.193. The molecule has 2 aromatic heterocycles. The first-order chi connectivity index (χ1) is 13.5. The lowest BCUT2D eigenvalue weighted by atomic mass is 9.92. The summed E-state index contributed by atoms with van der Waals surface area (Å²) in [6, 6.07) is 6.80. The Balaban J connectivity index is 1.42. The van der Waals surface area contributed by atoms with Gasteiger partial charge in [-0.05, 0) is 37.1 Å². The lowest BCUT2D eigenvalue weighted by molar-refractivity contribution is -0.144. The Kier molecular flexibility index (Phi) is 4.70. The van der Waals surface area contributed by atoms with Crippen LogP contribution in [-0.2, 0) is 9.59 Å². The van der Waals surface area contributed by atoms with Crippen LogP contribution in [0, 0.1) is 0 Å². The number of amides is 4. The van der Waals surface area contributed by atoms with Crippen molar-refractivity contribution in [1.29, 1.82) is 0 Å². The molecule has 2 aromatic rings. The summed E-state index contributed by atoms with van der Waals surface area (Å²) in [6.45, 7) is 1.18. The van der Waals surface area contributed by atoms with Gasteiger partial charge in [0.25, 0.3) is 0 Å². The number of nitrogens with zero attached hydrogens (tertiary/aromatic N) is 5. The maximum Gasteiger partial charge on any atom is 0.326 e. The molecule has 8 nitrogen and oxygen atoms in total. The molecule has 4 heterocycles. The Hall–Kier alpha value is -3.03. The predicted molar refractivity (Wildman–Crippen MR) is 102 cm³/mol. The third kappa shape index (κ3) is 3.19. The third-order valence-corrected chi connectivity index (χ3v) is 5.79. The van der Waals surface area contributed by atoms with E-state index in [1.165, 1.54) is 11.9 Å². The molecule has 2 saturated heterocycles. The van der Waals surface area contributed by atoms with Crippen LogP contribution in [0.5, 0.6) is 0 Å². The molecule has 8 heteroatoms. The number of fused-ring (bicyclic) bond motifs is 1. The average molecular weight is 381 g/mol. The summed E-state index contributed by atoms with van der Waals surface area (Å²) in [5.41, 5.74) is 1.74. The minimum atomic E-state index is -0.712. The maximum atomic E-state index is 12.9. The Morgan fingerprint density at radius 3 is 2.61 bits per heavy atom. The van der Waals surface area contributed by atoms with Crippen LogP contribution in [0.15, 0.2) is 30.5 Å². The van der Waals surface area contributed by atoms with Crippen LogP contribution >= 0.6 is 0 Å². The van der Waals surface area contributed by atoms with Crippen LogP contribution in [0.1, 0.15) is 30.9 Å². The molecule has 1 atom stereocenters. The Morgan fingerprint density at radius 2 is 1.86 bits per heavy atom. The van der Waals surface area contributed by atoms with Gasteiger partial charge in [-0.2, -0.15) is 0 Å². The Bertz CT molecular complexity index is 938. The zero-order chi connectivity index (χ0) is 19.8. The summed E-state index contributed by atoms with van der Waals surface area (Å²) in [4.78, 5) is 50.2. The number of pyridine rings is 2. The number of aromatic nitrogens is 2. The first kappa shape index (κ1) is 18.3. The Morgan fingerprint density at radius 1 is 1.11 bits per heavy atom. The fraction of sp³-hybridized carbons (Fsp3) is 0.450. The molecule has 2 aliphatic rings. The van der Waals surface area contributed by atoms with Crippen molar-refractivity contribution in [1.82, 2.24) is 24.7 Å². The quantitative estimate of drug-likeness (QED) is 0.789. The smallest absolute Gasteiger partial charge is 0.326 e. The van der Waals surface area contributed by atoms with Crippen LogP contribution in [0.2, 0.25) is 0 Å². The van der Waals surface area contributed by atoms with E-state index < -0.39 is 12.1 Å². The number of hydrogen-bond donors (Lipinski definition) is 0. The molecule has 0 radical (unpaired) electrons. The fourth-order valence-electron chi connectivity index (χ4n) is 3.97. The molecule has 4 amide bonds. The van der Waals surface area contributed by atoms with E-state index in [1.54, 1.807) is 18.1 Å². The first-order valence-electron chi connectivity index (χ1n) is 9.49. The van der Waals surface area contributed by atoms with Gasteiger partial charge in [0.05, 0.1) is 6.42 Å². The van der Waals surface area contributed by atoms with E-state index in [9.17, 15) is 14.4 Å². The van der Waals surface area contributed by atoms with E-state index >= 15 is 0 Å². The SMILES string of the molecule is CN1C(=O)CC(C(=O)N2CCC(c3ccc4cccnc4n3)CC2)N(C)C1=O. The normalized spacial score (nSPS) is 21.5. The van der Waals surface area contributed by atoms with Gasteiger partial charge in [0.15, 0.2) is 5.65 Å². The van der Waals surface area contributed by atoms with Crippen molar-refractivity contribution in [2.45, 2.75) is 31.2 Å². The van der Waals surface area contributed by atoms with Gasteiger partial charge in [-0.15, -0.1) is 0 Å². The molecule has 0 spiro atoms. The van der Waals surface area contributed by atoms with Crippen LogP contribution < -0.4 is 0 Å². The summed E-state index contributed by atoms with van der Waals surface area (Å²) >= 11 is 0. The molecule has 0 aliphatic carbocycles. The summed E-state index contributed by atoms with van der Waals surface area (Å²) in [5, 5.41) is 1.01. The number of hydrogen-bond acceptors (Lipinski definition) is 5. The van der Waals surface area contributed by atoms with Crippen molar-refractivity contribution in [3.8, 4) is 0 Å². The number of rotatable bonds is 2. The third-order valence-electron chi connectivity index (χ3n) is 5.79. The molecular formula is C20H23N5O3. The van der Waals surface area contributed by atoms with Crippen molar-refractivity contribution < 1.29 is 14.4 Å². The van der Waals surface area contributed by atoms with Gasteiger partial charge in [0, 0.05) is 50.4 Å². The van der Waals surface area contributed by atoms with E-state index in [0.29, 0.717) is 13.1 Å². The molecule has 28 heavy (non-hydrogen) atoms. The second kappa shape index (κ2) is 7.18. The van der Waals surface area contributed by atoms with E-state index in [1.807, 2.05) is 24.3 Å². The highest BCUT2D eigenvalue weighted by molar-refractivity contribution is 6.02. The first-order valence-corrected chi connectivity index (χ1v) is 9.49. The van der Waals surface area contributed by atoms with Gasteiger partial charge in [-0.1, -0.05) is 0 Å². The lowest BCUT2D eigenvalue weighted by Gasteiger charge is -2.39. The molecular weight excluding hydrogens is 358 g/mol. The van der Waals surface area contributed by atoms with E-state index in [2.05, 4.69) is 9.97 Å². The van der Waals surface area contributed by atoms with Crippen LogP contribution in [0.25, 0.3) is 11.0 Å². The standard InChI is InChI=1S/C20H23N5O3/c1-23-16(12-17(26)24(2)20(23)28)19(27)25-10-7-13(8-11-25)15-6-5-14-4-3-9-21-18(14)22-15/h3-6,9,13,16H,7-8,10-12H2,1-2H3. The highest BCUT2D eigenvalue weighted by atomic mass is 16.2. The van der Waals surface area contributed by atoms with Gasteiger partial charge in [-0.3, -0.25) is 14.5 Å². The molecule has 0 saturated carbocycles. The Labute approximate surface area is 163 Å². The second-order valence-corrected chi connectivity index (χ2v) is 7.45. The number of likely N-dealkylation sites (tertiary alicyclic amines) is 1. The van der Waals surface area contributed by atoms with E-state index in [4.69, 9.17) is 0 Å². The average Bonchev–Trinajstić information content (AvgIpc) is 2.74. The summed E-state index contributed by atoms with van der Waals surface area (Å²) in [6.07, 6.45) is 3.38. The number of carbonyl (C=O) groups is 3. The highest BCUT2D eigenvalue weighted by Crippen LogP contribution is 2.29. The highest BCUT2D eigenvalue weighted by Gasteiger charge is 2.40. The van der Waals surface area contributed by atoms with Crippen LogP contribution in [-0.4, -0.2) is 75.7 Å². The van der Waals surface area contributed by atoms with E-state index in [0.717, 1.165) is 34.5 Å². The zero-order valence-electron chi connectivity index (χ0n) is 16.0. The maximum absolute atomic E-state index is 12.9. The number of likely N-dealkylation sites (N-methyl/N-ethyl adjacent to an activating group) is 1. The molecule has 146 valence electrons. The van der Waals surface area contributed by atoms with Gasteiger partial charge in [0.1, 0.15) is 6.04 Å². The van der Waals surface area contributed by atoms with Crippen molar-refractivity contribution in [3.63, 3.8) is 0 Å². The van der Waals surface area contributed by atoms with Gasteiger partial charge in [-0.25, -0.2) is 14.8 Å². The van der Waals surface area contributed by atoms with E-state index in [-0.39, 0.29) is 24.2 Å². The van der Waals surface area contributed by atoms with Gasteiger partial charge < -0.3 is 9.80 Å². The van der Waals surface area contributed by atoms with Crippen molar-refractivity contribution in [2.24, 2.45) is 0 Å². The van der Waals surface area contributed by atoms with Gasteiger partial charge in [0.2, 0.25) is 11.8 Å². The lowest BCUT2D eigenvalue weighted by Crippen LogP contribution is -2.59. The molecule has 0 N–H and O–H groups in total. The second-order valence-electron chi connectivity index (χ2n) is 7.45. The number of piperidine rings is 1. The molecule has 4 rings (SSSR count). The summed E-state index contributed by atoms with van der Waals surface area (Å²) in [7, 11) is 3.02. The number of imide groups is 1. The van der Waals surface area contributed by atoms with Crippen LogP contribution in [0.4, 0.5) is 4.79 Å². The predicted octanol–water partition coefficient (Wildman–Crippen LogP) is 1.62. The molecule has 1 unspecified atom stereocenters. The molecule has 2 aliphatic heterocycles. The zero-order valence-corrected chi connectivity index (χ0v) is 16.0. The summed E-state index contributed by atoms with van der Waals surface area (Å²) < 4.78 is 0. The molecule has 0 bridgehead atoms. The van der Waals surface area contributed by atoms with Crippen LogP contribution in [0.3, 0.4) is 0 Å². The molecule has 2 fully saturated rings. The van der Waals surface area contributed by atoms with Gasteiger partial charge >= 0.3 is 6.03 Å². The number of carbonyl (C=O) groups excluding carboxylic acids is 3. The largest absolute Gasteiger partial charge is 0.341 e. The monoisotopic (exact) mass is 381 g/mol. The van der Waals surface area contributed by atoms with Crippen molar-refractivity contribution >= 4 is 28.9 Å². The fourth-order valence-corrected chi connectivity index (χ4v) is 3.97. The van der Waals surface area contributed by atoms with Crippen molar-refractivity contribution in [2.75, 3.05) is 27.2 Å². The molecule has 0 aromatic carbocycles. The number of urea groups is 1. The topological polar surface area (TPSA) is 86.7 Å². The minimum Gasteiger partial charge on any atom is -0.341 e.